The Balaban J connectivity index is 2.39. The lowest BCUT2D eigenvalue weighted by atomic mass is 10.0. The van der Waals surface area contributed by atoms with Crippen molar-refractivity contribution in [3.8, 4) is 0 Å². The van der Waals surface area contributed by atoms with Gasteiger partial charge in [-0.3, -0.25) is 4.99 Å². The number of aliphatic imine (C=N–C) groups is 1. The minimum atomic E-state index is -0.485. The van der Waals surface area contributed by atoms with Crippen LogP contribution in [0.2, 0.25) is 0 Å². The number of benzene rings is 1. The number of carbonyl (C=O) groups is 1. The summed E-state index contributed by atoms with van der Waals surface area (Å²) in [5.41, 5.74) is 0.787. The highest BCUT2D eigenvalue weighted by molar-refractivity contribution is 5.79. The summed E-state index contributed by atoms with van der Waals surface area (Å²) < 4.78 is 5.20. The summed E-state index contributed by atoms with van der Waals surface area (Å²) in [5.74, 6) is 1.09. The lowest BCUT2D eigenvalue weighted by Gasteiger charge is -2.20. The highest BCUT2D eigenvalue weighted by atomic mass is 16.6. The van der Waals surface area contributed by atoms with E-state index in [4.69, 9.17) is 4.74 Å². The van der Waals surface area contributed by atoms with Crippen LogP contribution < -0.4 is 16.0 Å². The van der Waals surface area contributed by atoms with Crippen molar-refractivity contribution >= 4 is 12.1 Å². The van der Waals surface area contributed by atoms with Crippen molar-refractivity contribution in [2.45, 2.75) is 46.1 Å². The van der Waals surface area contributed by atoms with Crippen molar-refractivity contribution in [2.24, 2.45) is 4.99 Å². The van der Waals surface area contributed by atoms with Gasteiger partial charge in [0.25, 0.3) is 0 Å². The van der Waals surface area contributed by atoms with Gasteiger partial charge in [-0.25, -0.2) is 4.79 Å². The number of ether oxygens (including phenoxy) is 1. The van der Waals surface area contributed by atoms with Crippen LogP contribution in [-0.2, 0) is 4.74 Å². The fourth-order valence-corrected chi connectivity index (χ4v) is 2.12. The Morgan fingerprint density at radius 2 is 1.76 bits per heavy atom. The lowest BCUT2D eigenvalue weighted by Crippen LogP contribution is -2.42. The summed E-state index contributed by atoms with van der Waals surface area (Å²) in [5, 5.41) is 9.15. The second kappa shape index (κ2) is 10.6. The van der Waals surface area contributed by atoms with Crippen molar-refractivity contribution in [1.82, 2.24) is 16.0 Å². The molecular formula is C19H32N4O2. The normalized spacial score (nSPS) is 13.1. The SMILES string of the molecule is CCNC(=NCC(C)c1ccccc1)NCCNC(=O)OC(C)(C)C. The molecule has 140 valence electrons. The largest absolute Gasteiger partial charge is 0.444 e. The van der Waals surface area contributed by atoms with Gasteiger partial charge in [-0.2, -0.15) is 0 Å². The van der Waals surface area contributed by atoms with Crippen molar-refractivity contribution < 1.29 is 9.53 Å². The number of guanidine groups is 1. The monoisotopic (exact) mass is 348 g/mol. The molecule has 1 atom stereocenters. The maximum Gasteiger partial charge on any atom is 0.407 e. The van der Waals surface area contributed by atoms with Crippen molar-refractivity contribution in [3.05, 3.63) is 35.9 Å². The Kier molecular flexibility index (Phi) is 8.81. The molecule has 0 fully saturated rings. The van der Waals surface area contributed by atoms with Gasteiger partial charge in [-0.05, 0) is 33.3 Å². The molecule has 0 bridgehead atoms. The minimum absolute atomic E-state index is 0.344. The van der Waals surface area contributed by atoms with Crippen LogP contribution in [0.4, 0.5) is 4.79 Å². The molecule has 0 aliphatic rings. The van der Waals surface area contributed by atoms with Crippen LogP contribution in [0, 0.1) is 0 Å². The first-order valence-electron chi connectivity index (χ1n) is 8.85. The number of rotatable bonds is 7. The molecule has 3 N–H and O–H groups in total. The molecule has 0 radical (unpaired) electrons. The number of alkyl carbamates (subject to hydrolysis) is 1. The molecule has 1 aromatic rings. The van der Waals surface area contributed by atoms with Gasteiger partial charge in [0.1, 0.15) is 5.60 Å². The molecule has 0 saturated heterocycles. The fourth-order valence-electron chi connectivity index (χ4n) is 2.12. The number of nitrogens with one attached hydrogen (secondary N) is 3. The Morgan fingerprint density at radius 1 is 1.12 bits per heavy atom. The van der Waals surface area contributed by atoms with Crippen molar-refractivity contribution in [1.29, 1.82) is 0 Å². The summed E-state index contributed by atoms with van der Waals surface area (Å²) in [7, 11) is 0. The van der Waals surface area contributed by atoms with Crippen molar-refractivity contribution in [2.75, 3.05) is 26.2 Å². The highest BCUT2D eigenvalue weighted by Gasteiger charge is 2.15. The highest BCUT2D eigenvalue weighted by Crippen LogP contribution is 2.14. The third-order valence-corrected chi connectivity index (χ3v) is 3.32. The Bertz CT molecular complexity index is 538. The zero-order valence-corrected chi connectivity index (χ0v) is 16.1. The van der Waals surface area contributed by atoms with Gasteiger partial charge in [0.05, 0.1) is 0 Å². The third kappa shape index (κ3) is 9.59. The molecular weight excluding hydrogens is 316 g/mol. The Hall–Kier alpha value is -2.24. The molecule has 1 unspecified atom stereocenters. The van der Waals surface area contributed by atoms with E-state index in [-0.39, 0.29) is 0 Å². The van der Waals surface area contributed by atoms with Gasteiger partial charge >= 0.3 is 6.09 Å². The predicted octanol–water partition coefficient (Wildman–Crippen LogP) is 2.87. The van der Waals surface area contributed by atoms with E-state index in [1.165, 1.54) is 5.56 Å². The smallest absolute Gasteiger partial charge is 0.407 e. The zero-order chi connectivity index (χ0) is 18.7. The standard InChI is InChI=1S/C19H32N4O2/c1-6-20-17(21-12-13-22-18(24)25-19(3,4)5)23-14-15(2)16-10-8-7-9-11-16/h7-11,15H,6,12-14H2,1-5H3,(H,22,24)(H2,20,21,23). The van der Waals surface area contributed by atoms with Crippen LogP contribution >= 0.6 is 0 Å². The van der Waals surface area contributed by atoms with Crippen LogP contribution in [0.3, 0.4) is 0 Å². The molecule has 0 spiro atoms. The number of nitrogens with zero attached hydrogens (tertiary/aromatic N) is 1. The number of hydrogen-bond donors (Lipinski definition) is 3. The fraction of sp³-hybridized carbons (Fsp3) is 0.579. The van der Waals surface area contributed by atoms with E-state index in [1.807, 2.05) is 45.9 Å². The van der Waals surface area contributed by atoms with E-state index in [9.17, 15) is 4.79 Å². The van der Waals surface area contributed by atoms with Crippen molar-refractivity contribution in [3.63, 3.8) is 0 Å². The maximum atomic E-state index is 11.6. The maximum absolute atomic E-state index is 11.6. The predicted molar refractivity (Wildman–Crippen MR) is 103 cm³/mol. The Labute approximate surface area is 151 Å². The summed E-state index contributed by atoms with van der Waals surface area (Å²) >= 11 is 0. The molecule has 0 heterocycles. The molecule has 0 saturated carbocycles. The molecule has 0 aliphatic heterocycles. The third-order valence-electron chi connectivity index (χ3n) is 3.32. The zero-order valence-electron chi connectivity index (χ0n) is 16.1. The van der Waals surface area contributed by atoms with Gasteiger partial charge in [0.15, 0.2) is 5.96 Å². The van der Waals surface area contributed by atoms with E-state index in [2.05, 4.69) is 40.0 Å². The average molecular weight is 348 g/mol. The van der Waals surface area contributed by atoms with Crippen LogP contribution in [0.1, 0.15) is 46.1 Å². The van der Waals surface area contributed by atoms with E-state index in [1.54, 1.807) is 0 Å². The quantitative estimate of drug-likeness (QED) is 0.402. The van der Waals surface area contributed by atoms with E-state index in [0.717, 1.165) is 12.5 Å². The van der Waals surface area contributed by atoms with Gasteiger partial charge in [0.2, 0.25) is 0 Å². The number of carbonyl (C=O) groups excluding carboxylic acids is 1. The molecule has 0 aromatic heterocycles. The van der Waals surface area contributed by atoms with Gasteiger partial charge in [-0.15, -0.1) is 0 Å². The second-order valence-corrected chi connectivity index (χ2v) is 6.89. The van der Waals surface area contributed by atoms with Crippen LogP contribution in [0.25, 0.3) is 0 Å². The van der Waals surface area contributed by atoms with E-state index in [0.29, 0.717) is 25.6 Å². The van der Waals surface area contributed by atoms with Gasteiger partial charge in [0, 0.05) is 32.1 Å². The van der Waals surface area contributed by atoms with E-state index < -0.39 is 11.7 Å². The molecule has 6 nitrogen and oxygen atoms in total. The van der Waals surface area contributed by atoms with Gasteiger partial charge in [-0.1, -0.05) is 37.3 Å². The average Bonchev–Trinajstić information content (AvgIpc) is 2.55. The topological polar surface area (TPSA) is 74.8 Å². The molecule has 25 heavy (non-hydrogen) atoms. The Morgan fingerprint density at radius 3 is 2.36 bits per heavy atom. The lowest BCUT2D eigenvalue weighted by molar-refractivity contribution is 0.0529. The summed E-state index contributed by atoms with van der Waals surface area (Å²) in [4.78, 5) is 16.2. The summed E-state index contributed by atoms with van der Waals surface area (Å²) in [6, 6.07) is 10.3. The molecule has 1 aromatic carbocycles. The molecule has 6 heteroatoms. The van der Waals surface area contributed by atoms with Gasteiger partial charge < -0.3 is 20.7 Å². The first-order valence-corrected chi connectivity index (χ1v) is 8.85. The van der Waals surface area contributed by atoms with Crippen LogP contribution in [0.5, 0.6) is 0 Å². The van der Waals surface area contributed by atoms with Crippen LogP contribution in [-0.4, -0.2) is 43.8 Å². The first kappa shape index (κ1) is 20.8. The first-order chi connectivity index (χ1) is 11.8. The molecule has 1 amide bonds. The minimum Gasteiger partial charge on any atom is -0.444 e. The summed E-state index contributed by atoms with van der Waals surface area (Å²) in [6.45, 7) is 12.2. The second-order valence-electron chi connectivity index (χ2n) is 6.89. The molecule has 0 aliphatic carbocycles. The number of hydrogen-bond acceptors (Lipinski definition) is 3. The summed E-state index contributed by atoms with van der Waals surface area (Å²) in [6.07, 6.45) is -0.408. The van der Waals surface area contributed by atoms with E-state index >= 15 is 0 Å². The molecule has 1 rings (SSSR count). The van der Waals surface area contributed by atoms with Crippen LogP contribution in [0.15, 0.2) is 35.3 Å². The number of amides is 1.